The highest BCUT2D eigenvalue weighted by molar-refractivity contribution is 8.18. The number of aromatic nitrogens is 1. The topological polar surface area (TPSA) is 118 Å². The Morgan fingerprint density at radius 3 is 2.49 bits per heavy atom. The van der Waals surface area contributed by atoms with Crippen LogP contribution in [0.15, 0.2) is 29.2 Å². The number of benzene rings is 1. The minimum atomic E-state index is -0.502. The third kappa shape index (κ3) is 5.44. The van der Waals surface area contributed by atoms with Crippen molar-refractivity contribution in [1.29, 1.82) is 0 Å². The Kier molecular flexibility index (Phi) is 7.76. The molecule has 1 aromatic carbocycles. The predicted octanol–water partition coefficient (Wildman–Crippen LogP) is 3.89. The van der Waals surface area contributed by atoms with Gasteiger partial charge in [-0.1, -0.05) is 0 Å². The van der Waals surface area contributed by atoms with Crippen molar-refractivity contribution in [2.24, 2.45) is 0 Å². The van der Waals surface area contributed by atoms with Crippen molar-refractivity contribution < 1.29 is 24.0 Å². The van der Waals surface area contributed by atoms with E-state index in [1.807, 2.05) is 36.6 Å². The molecule has 0 N–H and O–H groups in total. The maximum atomic E-state index is 13.1. The lowest BCUT2D eigenvalue weighted by Crippen LogP contribution is -2.46. The van der Waals surface area contributed by atoms with E-state index in [-0.39, 0.29) is 28.0 Å². The number of nitro benzene ring substituents is 1. The molecule has 11 nitrogen and oxygen atoms in total. The third-order valence-corrected chi connectivity index (χ3v) is 8.31. The van der Waals surface area contributed by atoms with Crippen molar-refractivity contribution in [3.63, 3.8) is 0 Å². The smallest absolute Gasteiger partial charge is 0.294 e. The Bertz CT molecular complexity index is 1360. The first-order valence-electron chi connectivity index (χ1n) is 13.1. The summed E-state index contributed by atoms with van der Waals surface area (Å²) in [5.74, 6) is -0.785. The summed E-state index contributed by atoms with van der Waals surface area (Å²) < 4.78 is 7.17. The van der Waals surface area contributed by atoms with Gasteiger partial charge in [-0.15, -0.1) is 0 Å². The number of rotatable bonds is 6. The van der Waals surface area contributed by atoms with Crippen molar-refractivity contribution in [3.8, 4) is 5.69 Å². The predicted molar refractivity (Wildman–Crippen MR) is 148 cm³/mol. The molecule has 5 rings (SSSR count). The van der Waals surface area contributed by atoms with E-state index in [1.54, 1.807) is 17.0 Å². The number of nitrogens with zero attached hydrogens (tertiary/aromatic N) is 5. The summed E-state index contributed by atoms with van der Waals surface area (Å²) in [7, 11) is 0. The van der Waals surface area contributed by atoms with Crippen LogP contribution in [0, 0.1) is 24.0 Å². The number of aryl methyl sites for hydroxylation is 1. The van der Waals surface area contributed by atoms with Gasteiger partial charge in [0.2, 0.25) is 5.91 Å². The van der Waals surface area contributed by atoms with E-state index >= 15 is 0 Å². The molecule has 0 spiro atoms. The molecule has 3 fully saturated rings. The van der Waals surface area contributed by atoms with Gasteiger partial charge >= 0.3 is 0 Å². The largest absolute Gasteiger partial charge is 0.378 e. The Morgan fingerprint density at radius 1 is 1.08 bits per heavy atom. The Balaban J connectivity index is 1.39. The van der Waals surface area contributed by atoms with E-state index in [9.17, 15) is 24.5 Å². The lowest BCUT2D eigenvalue weighted by atomic mass is 10.1. The van der Waals surface area contributed by atoms with E-state index in [4.69, 9.17) is 4.74 Å². The zero-order valence-corrected chi connectivity index (χ0v) is 22.9. The number of hydrogen-bond acceptors (Lipinski definition) is 8. The van der Waals surface area contributed by atoms with E-state index in [2.05, 4.69) is 4.90 Å². The molecule has 3 aliphatic rings. The standard InChI is InChI=1S/C27H31N5O6S/c1-18-14-20(15-24-26(34)30(27(35)39-24)17-25(33)29-10-12-38-13-11-29)19(2)31(18)21-6-7-22(23(16-21)32(36)37)28-8-4-3-5-9-28/h6-7,14-16H,3-5,8-13,17H2,1-2H3/b24-15-. The van der Waals surface area contributed by atoms with Crippen LogP contribution in [-0.4, -0.2) is 82.3 Å². The summed E-state index contributed by atoms with van der Waals surface area (Å²) in [6.07, 6.45) is 4.83. The first kappa shape index (κ1) is 26.9. The van der Waals surface area contributed by atoms with Crippen LogP contribution < -0.4 is 4.90 Å². The maximum Gasteiger partial charge on any atom is 0.294 e. The molecule has 2 aromatic rings. The quantitative estimate of drug-likeness (QED) is 0.300. The van der Waals surface area contributed by atoms with Gasteiger partial charge in [0.05, 0.1) is 28.7 Å². The van der Waals surface area contributed by atoms with Gasteiger partial charge in [-0.05, 0) is 74.7 Å². The monoisotopic (exact) mass is 553 g/mol. The molecule has 0 saturated carbocycles. The van der Waals surface area contributed by atoms with Crippen molar-refractivity contribution in [2.45, 2.75) is 33.1 Å². The number of ether oxygens (including phenoxy) is 1. The first-order valence-corrected chi connectivity index (χ1v) is 13.9. The van der Waals surface area contributed by atoms with Gasteiger partial charge < -0.3 is 19.1 Å². The summed E-state index contributed by atoms with van der Waals surface area (Å²) in [4.78, 5) is 54.8. The van der Waals surface area contributed by atoms with Crippen LogP contribution in [0.2, 0.25) is 0 Å². The average molecular weight is 554 g/mol. The highest BCUT2D eigenvalue weighted by Gasteiger charge is 2.37. The van der Waals surface area contributed by atoms with E-state index < -0.39 is 11.1 Å². The molecule has 0 atom stereocenters. The number of anilines is 1. The lowest BCUT2D eigenvalue weighted by Gasteiger charge is -2.28. The van der Waals surface area contributed by atoms with Crippen molar-refractivity contribution in [3.05, 3.63) is 56.2 Å². The SMILES string of the molecule is Cc1cc(/C=C2\SC(=O)N(CC(=O)N3CCOCC3)C2=O)c(C)n1-c1ccc(N2CCCCC2)c([N+](=O)[O-])c1. The first-order chi connectivity index (χ1) is 18.7. The number of carbonyl (C=O) groups excluding carboxylic acids is 3. The number of imide groups is 1. The maximum absolute atomic E-state index is 13.1. The van der Waals surface area contributed by atoms with Gasteiger partial charge in [0, 0.05) is 43.6 Å². The van der Waals surface area contributed by atoms with Crippen LogP contribution in [0.25, 0.3) is 11.8 Å². The average Bonchev–Trinajstić information content (AvgIpc) is 3.37. The summed E-state index contributed by atoms with van der Waals surface area (Å²) in [5.41, 5.74) is 3.69. The van der Waals surface area contributed by atoms with Gasteiger partial charge in [0.25, 0.3) is 16.8 Å². The Labute approximate surface area is 230 Å². The molecular formula is C27H31N5O6S. The van der Waals surface area contributed by atoms with E-state index in [0.717, 1.165) is 66.0 Å². The second-order valence-corrected chi connectivity index (χ2v) is 10.9. The van der Waals surface area contributed by atoms with Crippen LogP contribution in [0.4, 0.5) is 16.2 Å². The number of carbonyl (C=O) groups is 3. The summed E-state index contributed by atoms with van der Waals surface area (Å²) in [6.45, 7) is 6.82. The van der Waals surface area contributed by atoms with E-state index in [0.29, 0.717) is 37.7 Å². The molecule has 0 radical (unpaired) electrons. The zero-order chi connectivity index (χ0) is 27.7. The zero-order valence-electron chi connectivity index (χ0n) is 22.1. The third-order valence-electron chi connectivity index (χ3n) is 7.40. The second kappa shape index (κ2) is 11.2. The highest BCUT2D eigenvalue weighted by Crippen LogP contribution is 2.36. The fourth-order valence-electron chi connectivity index (χ4n) is 5.36. The summed E-state index contributed by atoms with van der Waals surface area (Å²) >= 11 is 0.808. The molecule has 0 unspecified atom stereocenters. The number of amides is 3. The number of piperidine rings is 1. The molecule has 39 heavy (non-hydrogen) atoms. The number of thioether (sulfide) groups is 1. The van der Waals surface area contributed by atoms with Gasteiger partial charge in [-0.25, -0.2) is 0 Å². The Hall–Kier alpha value is -3.64. The molecule has 0 aliphatic carbocycles. The van der Waals surface area contributed by atoms with Crippen LogP contribution in [0.1, 0.15) is 36.2 Å². The summed E-state index contributed by atoms with van der Waals surface area (Å²) in [6, 6.07) is 7.17. The van der Waals surface area contributed by atoms with Crippen molar-refractivity contribution >= 4 is 46.3 Å². The van der Waals surface area contributed by atoms with E-state index in [1.165, 1.54) is 0 Å². The summed E-state index contributed by atoms with van der Waals surface area (Å²) in [5, 5.41) is 11.5. The van der Waals surface area contributed by atoms with Crippen LogP contribution in [-0.2, 0) is 14.3 Å². The molecule has 3 amide bonds. The highest BCUT2D eigenvalue weighted by atomic mass is 32.2. The minimum Gasteiger partial charge on any atom is -0.378 e. The number of nitro groups is 1. The van der Waals surface area contributed by atoms with Crippen LogP contribution >= 0.6 is 11.8 Å². The van der Waals surface area contributed by atoms with Crippen LogP contribution in [0.5, 0.6) is 0 Å². The fourth-order valence-corrected chi connectivity index (χ4v) is 6.19. The van der Waals surface area contributed by atoms with Crippen LogP contribution in [0.3, 0.4) is 0 Å². The fraction of sp³-hybridized carbons (Fsp3) is 0.444. The normalized spacial score (nSPS) is 19.3. The molecule has 4 heterocycles. The minimum absolute atomic E-state index is 0.0644. The van der Waals surface area contributed by atoms with Crippen molar-refractivity contribution in [1.82, 2.24) is 14.4 Å². The molecule has 3 saturated heterocycles. The van der Waals surface area contributed by atoms with Crippen molar-refractivity contribution in [2.75, 3.05) is 50.8 Å². The second-order valence-electron chi connectivity index (χ2n) is 9.90. The molecule has 3 aliphatic heterocycles. The number of morpholine rings is 1. The lowest BCUT2D eigenvalue weighted by molar-refractivity contribution is -0.384. The van der Waals surface area contributed by atoms with Gasteiger partial charge in [-0.3, -0.25) is 29.4 Å². The number of hydrogen-bond donors (Lipinski definition) is 0. The Morgan fingerprint density at radius 2 is 1.79 bits per heavy atom. The van der Waals surface area contributed by atoms with Gasteiger partial charge in [0.15, 0.2) is 0 Å². The molecule has 0 bridgehead atoms. The molecule has 206 valence electrons. The molecule has 12 heteroatoms. The molecular weight excluding hydrogens is 522 g/mol. The molecule has 1 aromatic heterocycles. The van der Waals surface area contributed by atoms with Gasteiger partial charge in [0.1, 0.15) is 12.2 Å². The van der Waals surface area contributed by atoms with Gasteiger partial charge in [-0.2, -0.15) is 0 Å².